The molecule has 1 aromatic heterocycles. The first-order valence-electron chi connectivity index (χ1n) is 7.04. The summed E-state index contributed by atoms with van der Waals surface area (Å²) < 4.78 is 7.04. The Morgan fingerprint density at radius 1 is 1.37 bits per heavy atom. The van der Waals surface area contributed by atoms with Crippen LogP contribution in [0.3, 0.4) is 0 Å². The molecule has 0 saturated heterocycles. The molecule has 0 spiro atoms. The average molecular weight is 276 g/mol. The van der Waals surface area contributed by atoms with Gasteiger partial charge in [-0.15, -0.1) is 11.3 Å². The quantitative estimate of drug-likeness (QED) is 0.873. The Hall–Kier alpha value is -0.900. The van der Waals surface area contributed by atoms with Gasteiger partial charge < -0.3 is 9.84 Å². The molecule has 2 unspecified atom stereocenters. The SMILES string of the molecule is CCOC(C(O)Cc1csc2ccccc12)C1CC1. The summed E-state index contributed by atoms with van der Waals surface area (Å²) in [6.07, 6.45) is 2.73. The van der Waals surface area contributed by atoms with Crippen LogP contribution < -0.4 is 0 Å². The normalized spacial score (nSPS) is 18.6. The van der Waals surface area contributed by atoms with E-state index in [1.165, 1.54) is 28.5 Å². The largest absolute Gasteiger partial charge is 0.390 e. The maximum atomic E-state index is 10.5. The number of hydrogen-bond acceptors (Lipinski definition) is 3. The summed E-state index contributed by atoms with van der Waals surface area (Å²) in [6.45, 7) is 2.69. The molecule has 19 heavy (non-hydrogen) atoms. The van der Waals surface area contributed by atoms with E-state index >= 15 is 0 Å². The van der Waals surface area contributed by atoms with Crippen molar-refractivity contribution < 1.29 is 9.84 Å². The predicted molar refractivity (Wildman–Crippen MR) is 79.7 cm³/mol. The Morgan fingerprint density at radius 2 is 2.16 bits per heavy atom. The average Bonchev–Trinajstić information content (AvgIpc) is 3.19. The third-order valence-electron chi connectivity index (χ3n) is 3.82. The minimum Gasteiger partial charge on any atom is -0.390 e. The van der Waals surface area contributed by atoms with Gasteiger partial charge in [-0.25, -0.2) is 0 Å². The molecule has 2 atom stereocenters. The van der Waals surface area contributed by atoms with Gasteiger partial charge in [-0.05, 0) is 48.1 Å². The number of aliphatic hydroxyl groups excluding tert-OH is 1. The maximum absolute atomic E-state index is 10.5. The van der Waals surface area contributed by atoms with Gasteiger partial charge in [-0.2, -0.15) is 0 Å². The van der Waals surface area contributed by atoms with Crippen LogP contribution in [-0.4, -0.2) is 23.9 Å². The molecule has 0 aliphatic heterocycles. The van der Waals surface area contributed by atoms with Crippen molar-refractivity contribution in [3.63, 3.8) is 0 Å². The fourth-order valence-electron chi connectivity index (χ4n) is 2.71. The lowest BCUT2D eigenvalue weighted by atomic mass is 10.0. The molecule has 1 N–H and O–H groups in total. The lowest BCUT2D eigenvalue weighted by Crippen LogP contribution is -2.32. The Labute approximate surface area is 118 Å². The number of fused-ring (bicyclic) bond motifs is 1. The van der Waals surface area contributed by atoms with Crippen molar-refractivity contribution in [1.82, 2.24) is 0 Å². The van der Waals surface area contributed by atoms with Crippen molar-refractivity contribution in [1.29, 1.82) is 0 Å². The number of rotatable bonds is 6. The van der Waals surface area contributed by atoms with Crippen LogP contribution >= 0.6 is 11.3 Å². The zero-order valence-corrected chi connectivity index (χ0v) is 12.0. The summed E-state index contributed by atoms with van der Waals surface area (Å²) in [5, 5.41) is 13.9. The second-order valence-electron chi connectivity index (χ2n) is 5.29. The van der Waals surface area contributed by atoms with E-state index in [0.29, 0.717) is 18.9 Å². The third-order valence-corrected chi connectivity index (χ3v) is 4.83. The topological polar surface area (TPSA) is 29.5 Å². The highest BCUT2D eigenvalue weighted by atomic mass is 32.1. The van der Waals surface area contributed by atoms with Gasteiger partial charge in [0.15, 0.2) is 0 Å². The zero-order valence-electron chi connectivity index (χ0n) is 11.2. The number of benzene rings is 1. The summed E-state index contributed by atoms with van der Waals surface area (Å²) >= 11 is 1.75. The fraction of sp³-hybridized carbons (Fsp3) is 0.500. The minimum absolute atomic E-state index is 0.0173. The molecule has 102 valence electrons. The molecule has 0 radical (unpaired) electrons. The molecule has 3 rings (SSSR count). The van der Waals surface area contributed by atoms with E-state index in [9.17, 15) is 5.11 Å². The van der Waals surface area contributed by atoms with Gasteiger partial charge in [-0.3, -0.25) is 0 Å². The molecule has 1 aromatic carbocycles. The van der Waals surface area contributed by atoms with Gasteiger partial charge >= 0.3 is 0 Å². The van der Waals surface area contributed by atoms with Crippen LogP contribution in [0.5, 0.6) is 0 Å². The first-order chi connectivity index (χ1) is 9.29. The molecule has 1 fully saturated rings. The molecule has 0 bridgehead atoms. The minimum atomic E-state index is -0.384. The fourth-order valence-corrected chi connectivity index (χ4v) is 3.69. The Bertz CT molecular complexity index is 544. The van der Waals surface area contributed by atoms with E-state index in [4.69, 9.17) is 4.74 Å². The van der Waals surface area contributed by atoms with E-state index in [0.717, 1.165) is 0 Å². The van der Waals surface area contributed by atoms with Gasteiger partial charge in [0.2, 0.25) is 0 Å². The molecule has 1 saturated carbocycles. The summed E-state index contributed by atoms with van der Waals surface area (Å²) in [4.78, 5) is 0. The van der Waals surface area contributed by atoms with E-state index in [-0.39, 0.29) is 12.2 Å². The molecular weight excluding hydrogens is 256 g/mol. The molecule has 2 nitrogen and oxygen atoms in total. The zero-order chi connectivity index (χ0) is 13.2. The highest BCUT2D eigenvalue weighted by Gasteiger charge is 2.36. The van der Waals surface area contributed by atoms with E-state index in [1.807, 2.05) is 6.92 Å². The number of aliphatic hydroxyl groups is 1. The summed E-state index contributed by atoms with van der Waals surface area (Å²) in [6, 6.07) is 8.40. The number of hydrogen-bond donors (Lipinski definition) is 1. The van der Waals surface area contributed by atoms with E-state index < -0.39 is 0 Å². The van der Waals surface area contributed by atoms with Crippen LogP contribution in [0.4, 0.5) is 0 Å². The number of ether oxygens (including phenoxy) is 1. The second kappa shape index (κ2) is 5.61. The first-order valence-corrected chi connectivity index (χ1v) is 7.92. The van der Waals surface area contributed by atoms with Gasteiger partial charge in [0.05, 0.1) is 12.2 Å². The van der Waals surface area contributed by atoms with Crippen LogP contribution in [0.2, 0.25) is 0 Å². The third kappa shape index (κ3) is 2.83. The van der Waals surface area contributed by atoms with E-state index in [1.54, 1.807) is 11.3 Å². The van der Waals surface area contributed by atoms with E-state index in [2.05, 4.69) is 29.6 Å². The van der Waals surface area contributed by atoms with Crippen molar-refractivity contribution in [2.75, 3.05) is 6.61 Å². The predicted octanol–water partition coefficient (Wildman–Crippen LogP) is 3.62. The van der Waals surface area contributed by atoms with Crippen LogP contribution in [0, 0.1) is 5.92 Å². The first kappa shape index (κ1) is 13.1. The second-order valence-corrected chi connectivity index (χ2v) is 6.20. The molecule has 1 aliphatic carbocycles. The highest BCUT2D eigenvalue weighted by Crippen LogP contribution is 2.37. The Kier molecular flexibility index (Phi) is 3.87. The summed E-state index contributed by atoms with van der Waals surface area (Å²) in [7, 11) is 0. The number of thiophene rings is 1. The smallest absolute Gasteiger partial charge is 0.0865 e. The van der Waals surface area contributed by atoms with Crippen LogP contribution in [0.15, 0.2) is 29.6 Å². The summed E-state index contributed by atoms with van der Waals surface area (Å²) in [5.41, 5.74) is 1.25. The molecule has 1 aliphatic rings. The highest BCUT2D eigenvalue weighted by molar-refractivity contribution is 7.17. The molecular formula is C16H20O2S. The van der Waals surface area contributed by atoms with Crippen molar-refractivity contribution in [3.05, 3.63) is 35.2 Å². The monoisotopic (exact) mass is 276 g/mol. The van der Waals surface area contributed by atoms with Gasteiger partial charge in [-0.1, -0.05) is 18.2 Å². The summed E-state index contributed by atoms with van der Waals surface area (Å²) in [5.74, 6) is 0.569. The van der Waals surface area contributed by atoms with Crippen LogP contribution in [0.1, 0.15) is 25.3 Å². The van der Waals surface area contributed by atoms with Crippen molar-refractivity contribution in [2.45, 2.75) is 38.4 Å². The maximum Gasteiger partial charge on any atom is 0.0865 e. The van der Waals surface area contributed by atoms with Gasteiger partial charge in [0.25, 0.3) is 0 Å². The lowest BCUT2D eigenvalue weighted by molar-refractivity contribution is -0.0438. The molecule has 2 aromatic rings. The standard InChI is InChI=1S/C16H20O2S/c1-2-18-16(11-7-8-11)14(17)9-12-10-19-15-6-4-3-5-13(12)15/h3-6,10-11,14,16-17H,2,7-9H2,1H3. The van der Waals surface area contributed by atoms with Crippen molar-refractivity contribution >= 4 is 21.4 Å². The van der Waals surface area contributed by atoms with Crippen LogP contribution in [-0.2, 0) is 11.2 Å². The lowest BCUT2D eigenvalue weighted by Gasteiger charge is -2.22. The molecule has 1 heterocycles. The molecule has 0 amide bonds. The van der Waals surface area contributed by atoms with Crippen molar-refractivity contribution in [2.24, 2.45) is 5.92 Å². The van der Waals surface area contributed by atoms with Crippen LogP contribution in [0.25, 0.3) is 10.1 Å². The van der Waals surface area contributed by atoms with Crippen molar-refractivity contribution in [3.8, 4) is 0 Å². The Morgan fingerprint density at radius 3 is 2.89 bits per heavy atom. The Balaban J connectivity index is 1.76. The molecule has 3 heteroatoms. The van der Waals surface area contributed by atoms with Gasteiger partial charge in [0.1, 0.15) is 0 Å². The van der Waals surface area contributed by atoms with Gasteiger partial charge in [0, 0.05) is 17.7 Å².